The Bertz CT molecular complexity index is 191. The minimum Gasteiger partial charge on any atom is -0.336 e. The predicted octanol–water partition coefficient (Wildman–Crippen LogP) is -0.865. The second kappa shape index (κ2) is 3.00. The highest BCUT2D eigenvalue weighted by Crippen LogP contribution is 2.16. The second-order valence-corrected chi connectivity index (χ2v) is 2.73. The Labute approximate surface area is 65.3 Å². The van der Waals surface area contributed by atoms with Crippen molar-refractivity contribution >= 4 is 11.7 Å². The van der Waals surface area contributed by atoms with E-state index in [1.54, 1.807) is 7.05 Å². The van der Waals surface area contributed by atoms with E-state index < -0.39 is 0 Å². The number of nitrogens with zero attached hydrogens (tertiary/aromatic N) is 1. The van der Waals surface area contributed by atoms with Gasteiger partial charge in [0.1, 0.15) is 0 Å². The third kappa shape index (κ3) is 1.40. The maximum atomic E-state index is 11.1. The molecule has 1 aliphatic heterocycles. The molecule has 1 atom stereocenters. The Morgan fingerprint density at radius 1 is 1.82 bits per heavy atom. The molecule has 0 aromatic carbocycles. The summed E-state index contributed by atoms with van der Waals surface area (Å²) >= 11 is 0. The molecule has 0 saturated carbocycles. The molecule has 1 fully saturated rings. The molecule has 1 saturated heterocycles. The second-order valence-electron chi connectivity index (χ2n) is 2.73. The summed E-state index contributed by atoms with van der Waals surface area (Å²) in [6, 6.07) is -0.257. The Balaban J connectivity index is 2.61. The van der Waals surface area contributed by atoms with Crippen LogP contribution in [-0.4, -0.2) is 36.2 Å². The van der Waals surface area contributed by atoms with Crippen molar-refractivity contribution in [1.82, 2.24) is 4.90 Å². The average molecular weight is 156 g/mol. The lowest BCUT2D eigenvalue weighted by atomic mass is 10.1. The third-order valence-electron chi connectivity index (χ3n) is 2.07. The molecule has 4 nitrogen and oxygen atoms in total. The minimum absolute atomic E-state index is 0.0300. The van der Waals surface area contributed by atoms with E-state index in [1.165, 1.54) is 4.90 Å². The van der Waals surface area contributed by atoms with Gasteiger partial charge in [0.15, 0.2) is 5.78 Å². The molecular formula is C7H12N2O2. The molecule has 0 radical (unpaired) electrons. The number of ketones is 1. The number of nitrogens with two attached hydrogens (primary N) is 1. The topological polar surface area (TPSA) is 63.4 Å². The fourth-order valence-electron chi connectivity index (χ4n) is 1.32. The smallest absolute Gasteiger partial charge is 0.223 e. The van der Waals surface area contributed by atoms with Gasteiger partial charge >= 0.3 is 0 Å². The number of likely N-dealkylation sites (tertiary alicyclic amines) is 1. The quantitative estimate of drug-likeness (QED) is 0.565. The molecule has 1 rings (SSSR count). The summed E-state index contributed by atoms with van der Waals surface area (Å²) in [5.41, 5.74) is 5.17. The first-order chi connectivity index (χ1) is 5.16. The summed E-state index contributed by atoms with van der Waals surface area (Å²) in [6.45, 7) is 0.0300. The van der Waals surface area contributed by atoms with Gasteiger partial charge in [-0.2, -0.15) is 0 Å². The van der Waals surface area contributed by atoms with Crippen LogP contribution >= 0.6 is 0 Å². The van der Waals surface area contributed by atoms with E-state index in [0.717, 1.165) is 0 Å². The van der Waals surface area contributed by atoms with Crippen LogP contribution in [0.5, 0.6) is 0 Å². The lowest BCUT2D eigenvalue weighted by Gasteiger charge is -2.17. The average Bonchev–Trinajstić information content (AvgIpc) is 2.32. The normalized spacial score (nSPS) is 24.4. The lowest BCUT2D eigenvalue weighted by molar-refractivity contribution is -0.132. The zero-order chi connectivity index (χ0) is 8.43. The number of amides is 1. The summed E-state index contributed by atoms with van der Waals surface area (Å²) in [4.78, 5) is 23.5. The summed E-state index contributed by atoms with van der Waals surface area (Å²) in [5, 5.41) is 0. The van der Waals surface area contributed by atoms with Crippen molar-refractivity contribution < 1.29 is 9.59 Å². The fourth-order valence-corrected chi connectivity index (χ4v) is 1.32. The van der Waals surface area contributed by atoms with Gasteiger partial charge in [0.2, 0.25) is 5.91 Å². The highest BCUT2D eigenvalue weighted by Gasteiger charge is 2.31. The standard InChI is InChI=1S/C7H12N2O2/c1-9-5(6(10)4-8)2-3-7(9)11/h5H,2-4,8H2,1H3/t5-/m0/s1. The molecule has 0 unspecified atom stereocenters. The maximum Gasteiger partial charge on any atom is 0.223 e. The Morgan fingerprint density at radius 3 is 2.82 bits per heavy atom. The third-order valence-corrected chi connectivity index (χ3v) is 2.07. The molecule has 0 aromatic rings. The zero-order valence-corrected chi connectivity index (χ0v) is 6.54. The summed E-state index contributed by atoms with van der Waals surface area (Å²) in [6.07, 6.45) is 1.11. The summed E-state index contributed by atoms with van der Waals surface area (Å²) < 4.78 is 0. The largest absolute Gasteiger partial charge is 0.336 e. The molecule has 2 N–H and O–H groups in total. The van der Waals surface area contributed by atoms with Crippen molar-refractivity contribution in [2.24, 2.45) is 5.73 Å². The van der Waals surface area contributed by atoms with Crippen molar-refractivity contribution in [2.75, 3.05) is 13.6 Å². The monoisotopic (exact) mass is 156 g/mol. The molecular weight excluding hydrogens is 144 g/mol. The van der Waals surface area contributed by atoms with Crippen molar-refractivity contribution in [1.29, 1.82) is 0 Å². The maximum absolute atomic E-state index is 11.1. The van der Waals surface area contributed by atoms with E-state index in [-0.39, 0.29) is 24.3 Å². The summed E-state index contributed by atoms with van der Waals surface area (Å²) in [7, 11) is 1.65. The van der Waals surface area contributed by atoms with Crippen LogP contribution in [0.15, 0.2) is 0 Å². The summed E-state index contributed by atoms with van der Waals surface area (Å²) in [5.74, 6) is -0.00449. The molecule has 1 heterocycles. The van der Waals surface area contributed by atoms with E-state index in [1.807, 2.05) is 0 Å². The Kier molecular flexibility index (Phi) is 2.24. The van der Waals surface area contributed by atoms with Gasteiger partial charge in [0.05, 0.1) is 12.6 Å². The van der Waals surface area contributed by atoms with Crippen LogP contribution in [0.2, 0.25) is 0 Å². The van der Waals surface area contributed by atoms with Gasteiger partial charge in [-0.3, -0.25) is 9.59 Å². The number of carbonyl (C=O) groups is 2. The van der Waals surface area contributed by atoms with Crippen LogP contribution in [0.3, 0.4) is 0 Å². The van der Waals surface area contributed by atoms with Crippen molar-refractivity contribution in [3.8, 4) is 0 Å². The highest BCUT2D eigenvalue weighted by atomic mass is 16.2. The Hall–Kier alpha value is -0.900. The predicted molar refractivity (Wildman–Crippen MR) is 39.9 cm³/mol. The van der Waals surface area contributed by atoms with Gasteiger partial charge in [-0.25, -0.2) is 0 Å². The number of Topliss-reactive ketones (excluding diaryl/α,β-unsaturated/α-hetero) is 1. The molecule has 0 bridgehead atoms. The van der Waals surface area contributed by atoms with Crippen LogP contribution < -0.4 is 5.73 Å². The van der Waals surface area contributed by atoms with Crippen molar-refractivity contribution in [2.45, 2.75) is 18.9 Å². The van der Waals surface area contributed by atoms with Gasteiger partial charge in [0.25, 0.3) is 0 Å². The first kappa shape index (κ1) is 8.20. The van der Waals surface area contributed by atoms with Crippen LogP contribution in [0.25, 0.3) is 0 Å². The van der Waals surface area contributed by atoms with Gasteiger partial charge in [-0.15, -0.1) is 0 Å². The minimum atomic E-state index is -0.257. The number of carbonyl (C=O) groups excluding carboxylic acids is 2. The fraction of sp³-hybridized carbons (Fsp3) is 0.714. The number of hydrogen-bond donors (Lipinski definition) is 1. The van der Waals surface area contributed by atoms with E-state index in [4.69, 9.17) is 5.73 Å². The van der Waals surface area contributed by atoms with E-state index >= 15 is 0 Å². The first-order valence-corrected chi connectivity index (χ1v) is 3.65. The Morgan fingerprint density at radius 2 is 2.45 bits per heavy atom. The van der Waals surface area contributed by atoms with Crippen LogP contribution in [0.4, 0.5) is 0 Å². The molecule has 4 heteroatoms. The highest BCUT2D eigenvalue weighted by molar-refractivity contribution is 5.92. The van der Waals surface area contributed by atoms with Crippen molar-refractivity contribution in [3.05, 3.63) is 0 Å². The number of likely N-dealkylation sites (N-methyl/N-ethyl adjacent to an activating group) is 1. The molecule has 11 heavy (non-hydrogen) atoms. The molecule has 0 spiro atoms. The van der Waals surface area contributed by atoms with Gasteiger partial charge in [0, 0.05) is 13.5 Å². The molecule has 1 aliphatic rings. The molecule has 1 amide bonds. The lowest BCUT2D eigenvalue weighted by Crippen LogP contribution is -2.38. The number of hydrogen-bond acceptors (Lipinski definition) is 3. The van der Waals surface area contributed by atoms with E-state index in [2.05, 4.69) is 0 Å². The molecule has 62 valence electrons. The molecule has 0 aromatic heterocycles. The van der Waals surface area contributed by atoms with E-state index in [0.29, 0.717) is 12.8 Å². The zero-order valence-electron chi connectivity index (χ0n) is 6.54. The van der Waals surface area contributed by atoms with Gasteiger partial charge < -0.3 is 10.6 Å². The van der Waals surface area contributed by atoms with E-state index in [9.17, 15) is 9.59 Å². The SMILES string of the molecule is CN1C(=O)CC[C@H]1C(=O)CN. The van der Waals surface area contributed by atoms with Crippen LogP contribution in [-0.2, 0) is 9.59 Å². The molecule has 0 aliphatic carbocycles. The van der Waals surface area contributed by atoms with Gasteiger partial charge in [-0.1, -0.05) is 0 Å². The first-order valence-electron chi connectivity index (χ1n) is 3.65. The van der Waals surface area contributed by atoms with Crippen LogP contribution in [0.1, 0.15) is 12.8 Å². The van der Waals surface area contributed by atoms with Crippen molar-refractivity contribution in [3.63, 3.8) is 0 Å². The van der Waals surface area contributed by atoms with Crippen LogP contribution in [0, 0.1) is 0 Å². The van der Waals surface area contributed by atoms with Gasteiger partial charge in [-0.05, 0) is 6.42 Å². The number of rotatable bonds is 2.